The minimum atomic E-state index is 0. The number of hydrogen-bond acceptors (Lipinski definition) is 6. The Balaban J connectivity index is 0.000000193. The van der Waals surface area contributed by atoms with Crippen LogP contribution in [0.15, 0.2) is 95.8 Å². The Morgan fingerprint density at radius 1 is 0.841 bits per heavy atom. The first-order valence-electron chi connectivity index (χ1n) is 14.6. The van der Waals surface area contributed by atoms with Gasteiger partial charge in [0.15, 0.2) is 5.89 Å². The van der Waals surface area contributed by atoms with Gasteiger partial charge in [-0.05, 0) is 54.3 Å². The van der Waals surface area contributed by atoms with Gasteiger partial charge in [0.25, 0.3) is 0 Å². The van der Waals surface area contributed by atoms with E-state index in [4.69, 9.17) is 4.42 Å². The summed E-state index contributed by atoms with van der Waals surface area (Å²) in [7, 11) is 2.04. The van der Waals surface area contributed by atoms with Crippen molar-refractivity contribution < 1.29 is 24.5 Å². The van der Waals surface area contributed by atoms with Crippen molar-refractivity contribution in [1.29, 1.82) is 0 Å². The van der Waals surface area contributed by atoms with E-state index in [2.05, 4.69) is 93.4 Å². The number of benzene rings is 3. The molecule has 8 heteroatoms. The molecule has 1 aliphatic heterocycles. The van der Waals surface area contributed by atoms with Crippen molar-refractivity contribution in [2.75, 3.05) is 16.8 Å². The number of anilines is 3. The molecule has 0 saturated carbocycles. The smallest absolute Gasteiger partial charge is 0.180 e. The Kier molecular flexibility index (Phi) is 9.33. The second kappa shape index (κ2) is 13.2. The van der Waals surface area contributed by atoms with Gasteiger partial charge in [0, 0.05) is 68.2 Å². The molecule has 0 spiro atoms. The average molecular weight is 761 g/mol. The van der Waals surface area contributed by atoms with E-state index in [9.17, 15) is 0 Å². The molecule has 44 heavy (non-hydrogen) atoms. The second-order valence-electron chi connectivity index (χ2n) is 11.3. The van der Waals surface area contributed by atoms with Crippen LogP contribution in [0.4, 0.5) is 17.2 Å². The maximum Gasteiger partial charge on any atom is 0.180 e. The molecule has 3 aromatic heterocycles. The van der Waals surface area contributed by atoms with Crippen LogP contribution in [0.3, 0.4) is 0 Å². The normalized spacial score (nSPS) is 12.4. The fourth-order valence-corrected chi connectivity index (χ4v) is 5.53. The molecule has 227 valence electrons. The van der Waals surface area contributed by atoms with E-state index in [1.165, 1.54) is 28.2 Å². The number of nitrogens with zero attached hydrogens (tertiary/aromatic N) is 6. The molecular formula is C36H36IrN6O-2. The summed E-state index contributed by atoms with van der Waals surface area (Å²) in [6.07, 6.45) is 5.70. The molecule has 0 fully saturated rings. The van der Waals surface area contributed by atoms with Crippen molar-refractivity contribution in [3.8, 4) is 17.1 Å². The summed E-state index contributed by atoms with van der Waals surface area (Å²) in [5, 5.41) is 0. The van der Waals surface area contributed by atoms with Gasteiger partial charge in [-0.3, -0.25) is 4.98 Å². The van der Waals surface area contributed by atoms with E-state index in [1.54, 1.807) is 0 Å². The summed E-state index contributed by atoms with van der Waals surface area (Å²) in [5.41, 5.74) is 8.72. The first kappa shape index (κ1) is 31.2. The van der Waals surface area contributed by atoms with Gasteiger partial charge < -0.3 is 18.8 Å². The van der Waals surface area contributed by atoms with Gasteiger partial charge in [-0.2, -0.15) is 0 Å². The Hall–Kier alpha value is -4.26. The van der Waals surface area contributed by atoms with Crippen molar-refractivity contribution in [3.05, 3.63) is 121 Å². The van der Waals surface area contributed by atoms with Crippen molar-refractivity contribution >= 4 is 28.3 Å². The largest absolute Gasteiger partial charge is 0.504 e. The van der Waals surface area contributed by atoms with Crippen molar-refractivity contribution in [2.45, 2.75) is 46.5 Å². The molecule has 0 atom stereocenters. The number of oxazole rings is 1. The third-order valence-corrected chi connectivity index (χ3v) is 7.60. The molecule has 0 N–H and O–H groups in total. The number of pyridine rings is 1. The standard InChI is InChI=1S/C23H24N3O.C13H12N3.Ir/c1-14(2)18-7-6-8-19(15(3)4)22(18)26-12-11-24-23(26)17-9-10-21-20(13-17)25-16(5)27-21;1-15-10-16(13-8-4-5-9-14-13)12-7-3-2-6-11(12)15;/h6-8,10-15H,1-5H3;2-10H,1H3;/q2*-1;. The van der Waals surface area contributed by atoms with E-state index in [-0.39, 0.29) is 20.1 Å². The summed E-state index contributed by atoms with van der Waals surface area (Å²) < 4.78 is 7.78. The Morgan fingerprint density at radius 3 is 2.23 bits per heavy atom. The van der Waals surface area contributed by atoms with Crippen LogP contribution in [-0.2, 0) is 20.1 Å². The number of para-hydroxylation sites is 3. The fourth-order valence-electron chi connectivity index (χ4n) is 5.53. The first-order chi connectivity index (χ1) is 20.8. The Labute approximate surface area is 272 Å². The number of imidazole rings is 1. The zero-order valence-electron chi connectivity index (χ0n) is 25.8. The molecule has 0 amide bonds. The molecule has 7 rings (SSSR count). The number of hydrogen-bond donors (Lipinski definition) is 0. The first-order valence-corrected chi connectivity index (χ1v) is 14.6. The zero-order valence-corrected chi connectivity index (χ0v) is 28.2. The Bertz CT molecular complexity index is 1830. The summed E-state index contributed by atoms with van der Waals surface area (Å²) in [5.74, 6) is 3.30. The second-order valence-corrected chi connectivity index (χ2v) is 11.3. The number of rotatable bonds is 5. The van der Waals surface area contributed by atoms with Crippen LogP contribution in [0.1, 0.15) is 56.5 Å². The Morgan fingerprint density at radius 2 is 1.55 bits per heavy atom. The molecular weight excluding hydrogens is 725 g/mol. The minimum Gasteiger partial charge on any atom is -0.504 e. The van der Waals surface area contributed by atoms with Gasteiger partial charge in [-0.25, -0.2) is 9.97 Å². The number of fused-ring (bicyclic) bond motifs is 2. The van der Waals surface area contributed by atoms with E-state index in [0.717, 1.165) is 28.3 Å². The van der Waals surface area contributed by atoms with Crippen LogP contribution in [0.5, 0.6) is 0 Å². The monoisotopic (exact) mass is 761 g/mol. The SMILES string of the molecule is CN1[CH-]N(c2ccccn2)c2ccccc21.Cc1nc2cc(-c3nccn3-c3c(C(C)C)cccc3C(C)C)[c-]cc2o1.[Ir]. The predicted octanol–water partition coefficient (Wildman–Crippen LogP) is 8.82. The van der Waals surface area contributed by atoms with E-state index >= 15 is 0 Å². The van der Waals surface area contributed by atoms with Crippen molar-refractivity contribution in [3.63, 3.8) is 0 Å². The van der Waals surface area contributed by atoms with Gasteiger partial charge in [0.05, 0.1) is 11.4 Å². The number of aromatic nitrogens is 4. The molecule has 1 aliphatic rings. The maximum atomic E-state index is 5.59. The molecule has 3 aromatic carbocycles. The molecule has 0 aliphatic carbocycles. The van der Waals surface area contributed by atoms with E-state index in [1.807, 2.05) is 81.7 Å². The van der Waals surface area contributed by atoms with E-state index < -0.39 is 0 Å². The van der Waals surface area contributed by atoms with Crippen LogP contribution in [-0.4, -0.2) is 26.6 Å². The molecule has 0 unspecified atom stereocenters. The summed E-state index contributed by atoms with van der Waals surface area (Å²) in [4.78, 5) is 17.7. The fraction of sp³-hybridized carbons (Fsp3) is 0.222. The van der Waals surface area contributed by atoms with Gasteiger partial charge in [-0.1, -0.05) is 64.1 Å². The molecule has 7 nitrogen and oxygen atoms in total. The maximum absolute atomic E-state index is 5.59. The molecule has 0 bridgehead atoms. The summed E-state index contributed by atoms with van der Waals surface area (Å²) in [6.45, 7) is 12.8. The molecule has 4 heterocycles. The van der Waals surface area contributed by atoms with Crippen LogP contribution >= 0.6 is 0 Å². The third-order valence-electron chi connectivity index (χ3n) is 7.60. The van der Waals surface area contributed by atoms with Crippen LogP contribution in [0.25, 0.3) is 28.2 Å². The third kappa shape index (κ3) is 6.05. The predicted molar refractivity (Wildman–Crippen MR) is 174 cm³/mol. The van der Waals surface area contributed by atoms with Crippen LogP contribution < -0.4 is 9.80 Å². The summed E-state index contributed by atoms with van der Waals surface area (Å²) in [6, 6.07) is 28.0. The van der Waals surface area contributed by atoms with Crippen molar-refractivity contribution in [1.82, 2.24) is 19.5 Å². The topological polar surface area (TPSA) is 63.2 Å². The van der Waals surface area contributed by atoms with Gasteiger partial charge >= 0.3 is 0 Å². The van der Waals surface area contributed by atoms with Gasteiger partial charge in [0.2, 0.25) is 0 Å². The molecule has 0 saturated heterocycles. The molecule has 6 aromatic rings. The average Bonchev–Trinajstić information content (AvgIpc) is 3.73. The molecule has 1 radical (unpaired) electrons. The van der Waals surface area contributed by atoms with Gasteiger partial charge in [-0.15, -0.1) is 30.4 Å². The van der Waals surface area contributed by atoms with E-state index in [0.29, 0.717) is 17.7 Å². The van der Waals surface area contributed by atoms with Crippen molar-refractivity contribution in [2.24, 2.45) is 0 Å². The van der Waals surface area contributed by atoms with Crippen LogP contribution in [0.2, 0.25) is 0 Å². The van der Waals surface area contributed by atoms with Crippen LogP contribution in [0, 0.1) is 19.7 Å². The summed E-state index contributed by atoms with van der Waals surface area (Å²) >= 11 is 0. The number of aryl methyl sites for hydroxylation is 1. The zero-order chi connectivity index (χ0) is 30.1. The quantitative estimate of drug-likeness (QED) is 0.164. The minimum absolute atomic E-state index is 0. The van der Waals surface area contributed by atoms with Gasteiger partial charge in [0.1, 0.15) is 5.82 Å².